The second-order valence-corrected chi connectivity index (χ2v) is 5.70. The number of rotatable bonds is 8. The van der Waals surface area contributed by atoms with Gasteiger partial charge in [0.15, 0.2) is 0 Å². The Balaban J connectivity index is 2.08. The van der Waals surface area contributed by atoms with E-state index >= 15 is 0 Å². The first kappa shape index (κ1) is 18.6. The molecule has 1 N–H and O–H groups in total. The zero-order chi connectivity index (χ0) is 18.2. The summed E-state index contributed by atoms with van der Waals surface area (Å²) in [4.78, 5) is 18.8. The van der Waals surface area contributed by atoms with Gasteiger partial charge in [-0.3, -0.25) is 4.79 Å². The second-order valence-electron chi connectivity index (χ2n) is 5.70. The number of aromatic nitrogens is 1. The van der Waals surface area contributed by atoms with Crippen molar-refractivity contribution in [2.45, 2.75) is 19.8 Å². The third kappa shape index (κ3) is 4.86. The maximum atomic E-state index is 12.4. The Bertz CT molecular complexity index is 702. The molecule has 1 aromatic carbocycles. The molecule has 0 aliphatic heterocycles. The van der Waals surface area contributed by atoms with Crippen molar-refractivity contribution in [3.63, 3.8) is 0 Å². The molecule has 2 rings (SSSR count). The highest BCUT2D eigenvalue weighted by atomic mass is 16.5. The predicted octanol–water partition coefficient (Wildman–Crippen LogP) is 3.59. The second kappa shape index (κ2) is 8.92. The van der Waals surface area contributed by atoms with Crippen molar-refractivity contribution >= 4 is 17.3 Å². The number of nitrogens with zero attached hydrogens (tertiary/aromatic N) is 2. The fourth-order valence-corrected chi connectivity index (χ4v) is 2.36. The monoisotopic (exact) mass is 343 g/mol. The van der Waals surface area contributed by atoms with E-state index in [2.05, 4.69) is 22.1 Å². The maximum Gasteiger partial charge on any atom is 0.274 e. The average Bonchev–Trinajstić information content (AvgIpc) is 2.66. The summed E-state index contributed by atoms with van der Waals surface area (Å²) in [5.41, 5.74) is 1.91. The minimum absolute atomic E-state index is 0.286. The van der Waals surface area contributed by atoms with Crippen LogP contribution < -0.4 is 19.7 Å². The number of methoxy groups -OCH3 is 2. The van der Waals surface area contributed by atoms with Crippen molar-refractivity contribution in [2.24, 2.45) is 0 Å². The van der Waals surface area contributed by atoms with Gasteiger partial charge in [0.2, 0.25) is 0 Å². The predicted molar refractivity (Wildman–Crippen MR) is 99.9 cm³/mol. The number of anilines is 2. The number of carbonyl (C=O) groups is 1. The van der Waals surface area contributed by atoms with E-state index in [1.165, 1.54) is 0 Å². The Labute approximate surface area is 148 Å². The van der Waals surface area contributed by atoms with Crippen molar-refractivity contribution in [3.05, 3.63) is 42.2 Å². The zero-order valence-electron chi connectivity index (χ0n) is 15.2. The molecule has 0 saturated heterocycles. The van der Waals surface area contributed by atoms with Gasteiger partial charge in [-0.05, 0) is 30.7 Å². The highest BCUT2D eigenvalue weighted by Gasteiger charge is 2.12. The van der Waals surface area contributed by atoms with Crippen LogP contribution >= 0.6 is 0 Å². The number of carbonyl (C=O) groups excluding carboxylic acids is 1. The summed E-state index contributed by atoms with van der Waals surface area (Å²) in [5, 5.41) is 2.82. The lowest BCUT2D eigenvalue weighted by Gasteiger charge is -2.18. The molecule has 1 amide bonds. The highest BCUT2D eigenvalue weighted by molar-refractivity contribution is 6.03. The molecule has 6 heteroatoms. The van der Waals surface area contributed by atoms with E-state index < -0.39 is 0 Å². The summed E-state index contributed by atoms with van der Waals surface area (Å²) in [6, 6.07) is 8.85. The van der Waals surface area contributed by atoms with Crippen LogP contribution in [-0.4, -0.2) is 38.7 Å². The van der Waals surface area contributed by atoms with Crippen LogP contribution in [0.2, 0.25) is 0 Å². The van der Waals surface area contributed by atoms with Crippen molar-refractivity contribution < 1.29 is 14.3 Å². The van der Waals surface area contributed by atoms with E-state index in [1.807, 2.05) is 13.1 Å². The Hall–Kier alpha value is -2.76. The summed E-state index contributed by atoms with van der Waals surface area (Å²) in [5.74, 6) is 0.905. The average molecular weight is 343 g/mol. The zero-order valence-corrected chi connectivity index (χ0v) is 15.2. The molecule has 0 radical (unpaired) electrons. The van der Waals surface area contributed by atoms with Gasteiger partial charge in [0.25, 0.3) is 5.91 Å². The van der Waals surface area contributed by atoms with E-state index in [0.717, 1.165) is 25.1 Å². The van der Waals surface area contributed by atoms with Crippen LogP contribution in [0.5, 0.6) is 11.5 Å². The summed E-state index contributed by atoms with van der Waals surface area (Å²) in [6.07, 6.45) is 3.98. The van der Waals surface area contributed by atoms with E-state index in [4.69, 9.17) is 9.47 Å². The van der Waals surface area contributed by atoms with E-state index in [9.17, 15) is 4.79 Å². The van der Waals surface area contributed by atoms with Crippen LogP contribution in [0.1, 0.15) is 30.3 Å². The molecular weight excluding hydrogens is 318 g/mol. The number of amides is 1. The normalized spacial score (nSPS) is 10.2. The lowest BCUT2D eigenvalue weighted by Crippen LogP contribution is -2.19. The minimum atomic E-state index is -0.286. The first-order chi connectivity index (χ1) is 12.1. The third-order valence-corrected chi connectivity index (χ3v) is 3.93. The molecule has 134 valence electrons. The molecule has 1 heterocycles. The van der Waals surface area contributed by atoms with Gasteiger partial charge in [0.1, 0.15) is 17.2 Å². The van der Waals surface area contributed by atoms with Crippen molar-refractivity contribution in [1.82, 2.24) is 4.98 Å². The number of unbranched alkanes of at least 4 members (excludes halogenated alkanes) is 1. The fourth-order valence-electron chi connectivity index (χ4n) is 2.36. The topological polar surface area (TPSA) is 63.7 Å². The Morgan fingerprint density at radius 1 is 1.20 bits per heavy atom. The van der Waals surface area contributed by atoms with Gasteiger partial charge in [0, 0.05) is 19.7 Å². The van der Waals surface area contributed by atoms with Crippen LogP contribution in [0, 0.1) is 0 Å². The summed E-state index contributed by atoms with van der Waals surface area (Å²) in [7, 11) is 5.15. The third-order valence-electron chi connectivity index (χ3n) is 3.93. The molecule has 1 aromatic heterocycles. The van der Waals surface area contributed by atoms with Crippen LogP contribution in [0.15, 0.2) is 36.5 Å². The molecule has 0 aliphatic carbocycles. The molecule has 0 spiro atoms. The van der Waals surface area contributed by atoms with Crippen molar-refractivity contribution in [3.8, 4) is 11.5 Å². The van der Waals surface area contributed by atoms with Crippen LogP contribution in [-0.2, 0) is 0 Å². The van der Waals surface area contributed by atoms with E-state index in [0.29, 0.717) is 22.9 Å². The van der Waals surface area contributed by atoms with E-state index in [-0.39, 0.29) is 5.91 Å². The van der Waals surface area contributed by atoms with Gasteiger partial charge in [-0.25, -0.2) is 4.98 Å². The maximum absolute atomic E-state index is 12.4. The Kier molecular flexibility index (Phi) is 6.62. The quantitative estimate of drug-likeness (QED) is 0.793. The molecule has 2 aromatic rings. The first-order valence-corrected chi connectivity index (χ1v) is 8.29. The molecule has 6 nitrogen and oxygen atoms in total. The van der Waals surface area contributed by atoms with Gasteiger partial charge >= 0.3 is 0 Å². The van der Waals surface area contributed by atoms with Crippen LogP contribution in [0.4, 0.5) is 11.4 Å². The Morgan fingerprint density at radius 3 is 2.60 bits per heavy atom. The molecule has 0 aliphatic rings. The van der Waals surface area contributed by atoms with Gasteiger partial charge < -0.3 is 19.7 Å². The standard InChI is InChI=1S/C19H25N3O3/c1-5-6-11-22(2)14-7-9-17(20-13-14)19(23)21-16-10-8-15(24-3)12-18(16)25-4/h7-10,12-13H,5-6,11H2,1-4H3,(H,21,23). The number of hydrogen-bond acceptors (Lipinski definition) is 5. The SMILES string of the molecule is CCCCN(C)c1ccc(C(=O)Nc2ccc(OC)cc2OC)nc1. The molecule has 0 saturated carbocycles. The number of nitrogens with one attached hydrogen (secondary N) is 1. The fraction of sp³-hybridized carbons (Fsp3) is 0.368. The summed E-state index contributed by atoms with van der Waals surface area (Å²) >= 11 is 0. The number of benzene rings is 1. The van der Waals surface area contributed by atoms with Gasteiger partial charge in [0.05, 0.1) is 31.8 Å². The molecule has 0 bridgehead atoms. The lowest BCUT2D eigenvalue weighted by molar-refractivity contribution is 0.102. The van der Waals surface area contributed by atoms with Gasteiger partial charge in [-0.2, -0.15) is 0 Å². The Morgan fingerprint density at radius 2 is 2.00 bits per heavy atom. The van der Waals surface area contributed by atoms with Crippen molar-refractivity contribution in [2.75, 3.05) is 38.0 Å². The molecular formula is C19H25N3O3. The van der Waals surface area contributed by atoms with Crippen LogP contribution in [0.3, 0.4) is 0 Å². The highest BCUT2D eigenvalue weighted by Crippen LogP contribution is 2.29. The first-order valence-electron chi connectivity index (χ1n) is 8.29. The molecule has 25 heavy (non-hydrogen) atoms. The summed E-state index contributed by atoms with van der Waals surface area (Å²) < 4.78 is 10.4. The number of pyridine rings is 1. The van der Waals surface area contributed by atoms with E-state index in [1.54, 1.807) is 44.7 Å². The largest absolute Gasteiger partial charge is 0.497 e. The lowest BCUT2D eigenvalue weighted by atomic mass is 10.2. The smallest absolute Gasteiger partial charge is 0.274 e. The minimum Gasteiger partial charge on any atom is -0.497 e. The van der Waals surface area contributed by atoms with Crippen LogP contribution in [0.25, 0.3) is 0 Å². The molecule has 0 atom stereocenters. The summed E-state index contributed by atoms with van der Waals surface area (Å²) in [6.45, 7) is 3.12. The molecule has 0 unspecified atom stereocenters. The van der Waals surface area contributed by atoms with Crippen molar-refractivity contribution in [1.29, 1.82) is 0 Å². The van der Waals surface area contributed by atoms with Gasteiger partial charge in [-0.15, -0.1) is 0 Å². The number of hydrogen-bond donors (Lipinski definition) is 1. The number of ether oxygens (including phenoxy) is 2. The molecule has 0 fully saturated rings. The van der Waals surface area contributed by atoms with Gasteiger partial charge in [-0.1, -0.05) is 13.3 Å².